The van der Waals surface area contributed by atoms with Crippen molar-refractivity contribution in [2.24, 2.45) is 0 Å². The lowest BCUT2D eigenvalue weighted by Crippen LogP contribution is -2.60. The van der Waals surface area contributed by atoms with Gasteiger partial charge in [0.15, 0.2) is 0 Å². The lowest BCUT2D eigenvalue weighted by molar-refractivity contribution is 0.792. The molecular formula is C15H23NSi2. The summed E-state index contributed by atoms with van der Waals surface area (Å²) in [7, 11) is 0.0643. The first-order chi connectivity index (χ1) is 8.44. The van der Waals surface area contributed by atoms with Crippen molar-refractivity contribution in [3.8, 4) is 0 Å². The second-order valence-electron chi connectivity index (χ2n) is 5.79. The molecule has 3 heteroatoms. The first kappa shape index (κ1) is 13.5. The summed E-state index contributed by atoms with van der Waals surface area (Å²) in [6, 6.07) is 15.5. The Morgan fingerprint density at radius 1 is 0.944 bits per heavy atom. The summed E-state index contributed by atoms with van der Waals surface area (Å²) in [4.78, 5) is 0. The van der Waals surface area contributed by atoms with Gasteiger partial charge in [0.05, 0.1) is 8.96 Å². The molecule has 1 nitrogen and oxygen atoms in total. The summed E-state index contributed by atoms with van der Waals surface area (Å²) in [5.41, 5.74) is 0. The average Bonchev–Trinajstić information content (AvgIpc) is 2.36. The van der Waals surface area contributed by atoms with E-state index in [0.29, 0.717) is 0 Å². The molecule has 0 spiro atoms. The molecule has 2 rings (SSSR count). The Kier molecular flexibility index (Phi) is 3.75. The zero-order chi connectivity index (χ0) is 13.3. The third-order valence-corrected chi connectivity index (χ3v) is 12.7. The maximum atomic E-state index is 2.70. The molecule has 0 aliphatic carbocycles. The van der Waals surface area contributed by atoms with Gasteiger partial charge in [0.25, 0.3) is 0 Å². The van der Waals surface area contributed by atoms with Gasteiger partial charge in [-0.25, -0.2) is 0 Å². The Balaban J connectivity index is 2.60. The van der Waals surface area contributed by atoms with Crippen LogP contribution in [0.4, 0.5) is 0 Å². The Morgan fingerprint density at radius 2 is 1.56 bits per heavy atom. The van der Waals surface area contributed by atoms with Crippen LogP contribution in [-0.2, 0) is 0 Å². The van der Waals surface area contributed by atoms with Crippen LogP contribution in [0, 0.1) is 0 Å². The average molecular weight is 274 g/mol. The molecule has 0 saturated heterocycles. The van der Waals surface area contributed by atoms with Crippen molar-refractivity contribution in [3.05, 3.63) is 42.5 Å². The molecule has 0 atom stereocenters. The highest BCUT2D eigenvalue weighted by Crippen LogP contribution is 2.18. The molecule has 0 aliphatic heterocycles. The molecule has 0 radical (unpaired) electrons. The molecule has 0 fully saturated rings. The SMILES string of the molecule is CN([SiH](C)C)[Si](C)(C)c1cccc2ccccc12. The van der Waals surface area contributed by atoms with Crippen molar-refractivity contribution in [3.63, 3.8) is 0 Å². The maximum Gasteiger partial charge on any atom is 0.148 e. The maximum absolute atomic E-state index is 2.70. The van der Waals surface area contributed by atoms with Crippen molar-refractivity contribution in [2.75, 3.05) is 7.05 Å². The van der Waals surface area contributed by atoms with Crippen molar-refractivity contribution in [1.29, 1.82) is 0 Å². The van der Waals surface area contributed by atoms with Crippen molar-refractivity contribution in [2.45, 2.75) is 26.2 Å². The molecular weight excluding hydrogens is 250 g/mol. The van der Waals surface area contributed by atoms with E-state index in [2.05, 4.69) is 79.9 Å². The van der Waals surface area contributed by atoms with Gasteiger partial charge in [0.1, 0.15) is 8.24 Å². The first-order valence-electron chi connectivity index (χ1n) is 6.66. The number of fused-ring (bicyclic) bond motifs is 1. The highest BCUT2D eigenvalue weighted by Gasteiger charge is 2.31. The molecule has 0 heterocycles. The van der Waals surface area contributed by atoms with Crippen LogP contribution < -0.4 is 5.19 Å². The molecule has 0 aliphatic rings. The van der Waals surface area contributed by atoms with Gasteiger partial charge in [0, 0.05) is 0 Å². The van der Waals surface area contributed by atoms with Gasteiger partial charge in [-0.3, -0.25) is 0 Å². The molecule has 0 aromatic heterocycles. The smallest absolute Gasteiger partial charge is 0.148 e. The minimum Gasteiger partial charge on any atom is -0.347 e. The minimum atomic E-state index is -1.52. The van der Waals surface area contributed by atoms with Crippen LogP contribution >= 0.6 is 0 Å². The van der Waals surface area contributed by atoms with Gasteiger partial charge in [-0.1, -0.05) is 68.7 Å². The molecule has 96 valence electrons. The lowest BCUT2D eigenvalue weighted by atomic mass is 10.1. The van der Waals surface area contributed by atoms with E-state index in [1.165, 1.54) is 10.8 Å². The van der Waals surface area contributed by atoms with Crippen molar-refractivity contribution < 1.29 is 0 Å². The van der Waals surface area contributed by atoms with Crippen LogP contribution in [0.2, 0.25) is 26.2 Å². The molecule has 0 amide bonds. The van der Waals surface area contributed by atoms with E-state index in [1.54, 1.807) is 5.19 Å². The normalized spacial score (nSPS) is 12.6. The van der Waals surface area contributed by atoms with E-state index in [4.69, 9.17) is 0 Å². The highest BCUT2D eigenvalue weighted by atomic mass is 28.4. The van der Waals surface area contributed by atoms with E-state index in [9.17, 15) is 0 Å². The van der Waals surface area contributed by atoms with Gasteiger partial charge in [0.2, 0.25) is 0 Å². The quantitative estimate of drug-likeness (QED) is 0.777. The first-order valence-corrected chi connectivity index (χ1v) is 12.4. The van der Waals surface area contributed by atoms with Gasteiger partial charge in [-0.2, -0.15) is 0 Å². The molecule has 18 heavy (non-hydrogen) atoms. The van der Waals surface area contributed by atoms with Gasteiger partial charge >= 0.3 is 0 Å². The predicted molar refractivity (Wildman–Crippen MR) is 87.7 cm³/mol. The van der Waals surface area contributed by atoms with E-state index in [0.717, 1.165) is 0 Å². The monoisotopic (exact) mass is 273 g/mol. The zero-order valence-corrected chi connectivity index (χ0v) is 14.2. The fraction of sp³-hybridized carbons (Fsp3) is 0.333. The lowest BCUT2D eigenvalue weighted by Gasteiger charge is -2.37. The van der Waals surface area contributed by atoms with Crippen LogP contribution in [0.25, 0.3) is 10.8 Å². The van der Waals surface area contributed by atoms with Crippen LogP contribution in [-0.4, -0.2) is 28.5 Å². The third-order valence-electron chi connectivity index (χ3n) is 4.11. The van der Waals surface area contributed by atoms with E-state index >= 15 is 0 Å². The summed E-state index contributed by atoms with van der Waals surface area (Å²) in [6.45, 7) is 9.78. The van der Waals surface area contributed by atoms with Crippen LogP contribution in [0.3, 0.4) is 0 Å². The largest absolute Gasteiger partial charge is 0.347 e. The number of hydrogen-bond acceptors (Lipinski definition) is 1. The van der Waals surface area contributed by atoms with Crippen molar-refractivity contribution in [1.82, 2.24) is 4.23 Å². The highest BCUT2D eigenvalue weighted by molar-refractivity contribution is 6.94. The summed E-state index contributed by atoms with van der Waals surface area (Å²) in [5, 5.41) is 4.39. The Bertz CT molecular complexity index is 544. The van der Waals surface area contributed by atoms with Gasteiger partial charge in [-0.15, -0.1) is 0 Å². The summed E-state index contributed by atoms with van der Waals surface area (Å²) >= 11 is 0. The van der Waals surface area contributed by atoms with Crippen LogP contribution in [0.15, 0.2) is 42.5 Å². The number of hydrogen-bond donors (Lipinski definition) is 0. The fourth-order valence-corrected chi connectivity index (χ4v) is 9.95. The summed E-state index contributed by atoms with van der Waals surface area (Å²) < 4.78 is 2.70. The minimum absolute atomic E-state index is 0.745. The molecule has 0 unspecified atom stereocenters. The molecule has 0 N–H and O–H groups in total. The van der Waals surface area contributed by atoms with E-state index < -0.39 is 17.2 Å². The molecule has 2 aromatic carbocycles. The standard InChI is InChI=1S/C15H23NSi2/c1-16(17(2)3)18(4,5)15-12-8-10-13-9-6-7-11-14(13)15/h6-12,17H,1-5H3. The molecule has 0 bridgehead atoms. The number of benzene rings is 2. The Morgan fingerprint density at radius 3 is 2.22 bits per heavy atom. The summed E-state index contributed by atoms with van der Waals surface area (Å²) in [5.74, 6) is 0. The second kappa shape index (κ2) is 4.99. The number of rotatable bonds is 3. The molecule has 2 aromatic rings. The van der Waals surface area contributed by atoms with E-state index in [1.807, 2.05) is 0 Å². The van der Waals surface area contributed by atoms with Gasteiger partial charge < -0.3 is 4.23 Å². The topological polar surface area (TPSA) is 3.24 Å². The summed E-state index contributed by atoms with van der Waals surface area (Å²) in [6.07, 6.45) is 0. The van der Waals surface area contributed by atoms with Crippen molar-refractivity contribution >= 4 is 33.2 Å². The fourth-order valence-electron chi connectivity index (χ4n) is 2.59. The number of nitrogens with zero attached hydrogens (tertiary/aromatic N) is 1. The Labute approximate surface area is 113 Å². The Hall–Kier alpha value is -0.906. The van der Waals surface area contributed by atoms with E-state index in [-0.39, 0.29) is 0 Å². The van der Waals surface area contributed by atoms with Crippen LogP contribution in [0.5, 0.6) is 0 Å². The molecule has 0 saturated carbocycles. The third kappa shape index (κ3) is 2.30. The van der Waals surface area contributed by atoms with Crippen LogP contribution in [0.1, 0.15) is 0 Å². The van der Waals surface area contributed by atoms with Gasteiger partial charge in [-0.05, 0) is 23.0 Å². The predicted octanol–water partition coefficient (Wildman–Crippen LogP) is 3.17. The second-order valence-corrected chi connectivity index (χ2v) is 13.6. The zero-order valence-electron chi connectivity index (χ0n) is 12.1.